The lowest BCUT2D eigenvalue weighted by Gasteiger charge is -2.19. The first-order valence-corrected chi connectivity index (χ1v) is 7.09. The Labute approximate surface area is 128 Å². The number of ether oxygens (including phenoxy) is 2. The molecule has 0 spiro atoms. The quantitative estimate of drug-likeness (QED) is 0.914. The first-order valence-electron chi connectivity index (χ1n) is 7.09. The number of urea groups is 1. The second kappa shape index (κ2) is 6.34. The standard InChI is InChI=1S/C16H17N3O3/c1-11(12-4-6-17-7-5-12)18-16(20)19-13-2-3-14-15(10-13)22-9-8-21-14/h2-7,10-11H,8-9H2,1H3,(H2,18,19,20). The van der Waals surface area contributed by atoms with Crippen LogP contribution in [-0.2, 0) is 0 Å². The Bertz CT molecular complexity index is 661. The van der Waals surface area contributed by atoms with E-state index in [9.17, 15) is 4.79 Å². The fourth-order valence-corrected chi connectivity index (χ4v) is 2.22. The maximum Gasteiger partial charge on any atom is 0.319 e. The molecule has 0 fully saturated rings. The second-order valence-corrected chi connectivity index (χ2v) is 4.96. The van der Waals surface area contributed by atoms with Crippen molar-refractivity contribution >= 4 is 11.7 Å². The van der Waals surface area contributed by atoms with Crippen LogP contribution in [0.3, 0.4) is 0 Å². The monoisotopic (exact) mass is 299 g/mol. The third kappa shape index (κ3) is 3.28. The molecular formula is C16H17N3O3. The van der Waals surface area contributed by atoms with E-state index >= 15 is 0 Å². The first kappa shape index (κ1) is 14.2. The molecule has 1 aromatic carbocycles. The zero-order valence-corrected chi connectivity index (χ0v) is 12.2. The largest absolute Gasteiger partial charge is 0.486 e. The van der Waals surface area contributed by atoms with Crippen molar-refractivity contribution in [3.05, 3.63) is 48.3 Å². The minimum atomic E-state index is -0.277. The molecule has 0 saturated carbocycles. The number of benzene rings is 1. The van der Waals surface area contributed by atoms with Crippen LogP contribution in [0.25, 0.3) is 0 Å². The van der Waals surface area contributed by atoms with Crippen molar-refractivity contribution < 1.29 is 14.3 Å². The molecule has 3 rings (SSSR count). The van der Waals surface area contributed by atoms with Crippen molar-refractivity contribution in [1.29, 1.82) is 0 Å². The molecule has 0 radical (unpaired) electrons. The molecule has 1 aliphatic heterocycles. The van der Waals surface area contributed by atoms with Crippen LogP contribution in [0, 0.1) is 0 Å². The fourth-order valence-electron chi connectivity index (χ4n) is 2.22. The van der Waals surface area contributed by atoms with Gasteiger partial charge in [0.25, 0.3) is 0 Å². The van der Waals surface area contributed by atoms with Crippen molar-refractivity contribution in [3.63, 3.8) is 0 Å². The highest BCUT2D eigenvalue weighted by Crippen LogP contribution is 2.32. The number of fused-ring (bicyclic) bond motifs is 1. The molecule has 114 valence electrons. The molecule has 2 N–H and O–H groups in total. The van der Waals surface area contributed by atoms with Crippen molar-refractivity contribution in [2.24, 2.45) is 0 Å². The first-order chi connectivity index (χ1) is 10.7. The summed E-state index contributed by atoms with van der Waals surface area (Å²) >= 11 is 0. The third-order valence-corrected chi connectivity index (χ3v) is 3.35. The molecule has 1 atom stereocenters. The van der Waals surface area contributed by atoms with Gasteiger partial charge >= 0.3 is 6.03 Å². The molecule has 22 heavy (non-hydrogen) atoms. The number of nitrogens with zero attached hydrogens (tertiary/aromatic N) is 1. The van der Waals surface area contributed by atoms with Crippen LogP contribution >= 0.6 is 0 Å². The maximum absolute atomic E-state index is 12.1. The Morgan fingerprint density at radius 1 is 1.14 bits per heavy atom. The normalized spacial score (nSPS) is 14.0. The van der Waals surface area contributed by atoms with Gasteiger partial charge in [0.2, 0.25) is 0 Å². The Balaban J connectivity index is 1.62. The Morgan fingerprint density at radius 2 is 1.86 bits per heavy atom. The fraction of sp³-hybridized carbons (Fsp3) is 0.250. The van der Waals surface area contributed by atoms with Crippen molar-refractivity contribution in [2.45, 2.75) is 13.0 Å². The molecule has 6 heteroatoms. The van der Waals surface area contributed by atoms with E-state index in [1.807, 2.05) is 19.1 Å². The van der Waals surface area contributed by atoms with Gasteiger partial charge in [0.15, 0.2) is 11.5 Å². The molecule has 2 aromatic rings. The van der Waals surface area contributed by atoms with Crippen molar-refractivity contribution in [1.82, 2.24) is 10.3 Å². The third-order valence-electron chi connectivity index (χ3n) is 3.35. The van der Waals surface area contributed by atoms with Crippen LogP contribution in [0.2, 0.25) is 0 Å². The van der Waals surface area contributed by atoms with Gasteiger partial charge in [0.05, 0.1) is 6.04 Å². The summed E-state index contributed by atoms with van der Waals surface area (Å²) in [5.41, 5.74) is 1.65. The molecule has 1 aliphatic rings. The van der Waals surface area contributed by atoms with E-state index in [-0.39, 0.29) is 12.1 Å². The number of aromatic nitrogens is 1. The zero-order valence-electron chi connectivity index (χ0n) is 12.2. The van der Waals surface area contributed by atoms with Crippen LogP contribution in [0.4, 0.5) is 10.5 Å². The number of hydrogen-bond donors (Lipinski definition) is 2. The van der Waals surface area contributed by atoms with Gasteiger partial charge < -0.3 is 20.1 Å². The minimum Gasteiger partial charge on any atom is -0.486 e. The Hall–Kier alpha value is -2.76. The molecule has 2 heterocycles. The molecule has 0 aliphatic carbocycles. The lowest BCUT2D eigenvalue weighted by Crippen LogP contribution is -2.31. The van der Waals surface area contributed by atoms with Crippen LogP contribution in [0.15, 0.2) is 42.7 Å². The molecule has 1 aromatic heterocycles. The number of pyridine rings is 1. The highest BCUT2D eigenvalue weighted by molar-refractivity contribution is 5.89. The summed E-state index contributed by atoms with van der Waals surface area (Å²) < 4.78 is 10.9. The van der Waals surface area contributed by atoms with E-state index in [2.05, 4.69) is 15.6 Å². The molecule has 0 bridgehead atoms. The summed E-state index contributed by atoms with van der Waals surface area (Å²) in [6, 6.07) is 8.68. The lowest BCUT2D eigenvalue weighted by molar-refractivity contribution is 0.171. The highest BCUT2D eigenvalue weighted by Gasteiger charge is 2.14. The number of amides is 2. The Kier molecular flexibility index (Phi) is 4.09. The number of anilines is 1. The minimum absolute atomic E-state index is 0.111. The van der Waals surface area contributed by atoms with E-state index in [1.165, 1.54) is 0 Å². The predicted molar refractivity (Wildman–Crippen MR) is 82.2 cm³/mol. The number of rotatable bonds is 3. The van der Waals surface area contributed by atoms with Crippen LogP contribution in [-0.4, -0.2) is 24.2 Å². The predicted octanol–water partition coefficient (Wildman–Crippen LogP) is 2.74. The number of carbonyl (C=O) groups excluding carboxylic acids is 1. The van der Waals surface area contributed by atoms with Gasteiger partial charge in [-0.3, -0.25) is 4.98 Å². The van der Waals surface area contributed by atoms with Crippen LogP contribution in [0.5, 0.6) is 11.5 Å². The van der Waals surface area contributed by atoms with E-state index in [0.29, 0.717) is 30.4 Å². The SMILES string of the molecule is CC(NC(=O)Nc1ccc2c(c1)OCCO2)c1ccncc1. The number of hydrogen-bond acceptors (Lipinski definition) is 4. The van der Waals surface area contributed by atoms with Gasteiger partial charge in [0, 0.05) is 24.1 Å². The molecule has 0 saturated heterocycles. The van der Waals surface area contributed by atoms with Gasteiger partial charge in [-0.1, -0.05) is 0 Å². The average molecular weight is 299 g/mol. The summed E-state index contributed by atoms with van der Waals surface area (Å²) in [5, 5.41) is 5.67. The molecule has 1 unspecified atom stereocenters. The number of carbonyl (C=O) groups is 1. The summed E-state index contributed by atoms with van der Waals surface area (Å²) in [6.07, 6.45) is 3.40. The highest BCUT2D eigenvalue weighted by atomic mass is 16.6. The van der Waals surface area contributed by atoms with E-state index < -0.39 is 0 Å². The molecular weight excluding hydrogens is 282 g/mol. The zero-order chi connectivity index (χ0) is 15.4. The second-order valence-electron chi connectivity index (χ2n) is 4.96. The van der Waals surface area contributed by atoms with Gasteiger partial charge in [-0.15, -0.1) is 0 Å². The van der Waals surface area contributed by atoms with Gasteiger partial charge in [0.1, 0.15) is 13.2 Å². The number of nitrogens with one attached hydrogen (secondary N) is 2. The van der Waals surface area contributed by atoms with E-state index in [1.54, 1.807) is 30.6 Å². The van der Waals surface area contributed by atoms with Crippen molar-refractivity contribution in [3.8, 4) is 11.5 Å². The maximum atomic E-state index is 12.1. The summed E-state index contributed by atoms with van der Waals surface area (Å²) in [4.78, 5) is 16.0. The lowest BCUT2D eigenvalue weighted by atomic mass is 10.1. The summed E-state index contributed by atoms with van der Waals surface area (Å²) in [5.74, 6) is 1.34. The van der Waals surface area contributed by atoms with Gasteiger partial charge in [-0.2, -0.15) is 0 Å². The molecule has 6 nitrogen and oxygen atoms in total. The summed E-state index contributed by atoms with van der Waals surface area (Å²) in [6.45, 7) is 2.98. The topological polar surface area (TPSA) is 72.5 Å². The van der Waals surface area contributed by atoms with Gasteiger partial charge in [-0.25, -0.2) is 4.79 Å². The van der Waals surface area contributed by atoms with Crippen molar-refractivity contribution in [2.75, 3.05) is 18.5 Å². The smallest absolute Gasteiger partial charge is 0.319 e. The van der Waals surface area contributed by atoms with E-state index in [4.69, 9.17) is 9.47 Å². The molecule has 2 amide bonds. The average Bonchev–Trinajstić information content (AvgIpc) is 2.55. The van der Waals surface area contributed by atoms with Gasteiger partial charge in [-0.05, 0) is 36.8 Å². The van der Waals surface area contributed by atoms with E-state index in [0.717, 1.165) is 5.56 Å². The van der Waals surface area contributed by atoms with Crippen LogP contribution in [0.1, 0.15) is 18.5 Å². The Morgan fingerprint density at radius 3 is 2.64 bits per heavy atom. The summed E-state index contributed by atoms with van der Waals surface area (Å²) in [7, 11) is 0. The van der Waals surface area contributed by atoms with Crippen LogP contribution < -0.4 is 20.1 Å².